The van der Waals surface area contributed by atoms with E-state index in [1.165, 1.54) is 12.1 Å². The van der Waals surface area contributed by atoms with Gasteiger partial charge in [0.2, 0.25) is 0 Å². The van der Waals surface area contributed by atoms with E-state index in [4.69, 9.17) is 0 Å². The Kier molecular flexibility index (Phi) is 4.67. The lowest BCUT2D eigenvalue weighted by atomic mass is 9.91. The van der Waals surface area contributed by atoms with Crippen molar-refractivity contribution in [1.82, 2.24) is 4.90 Å². The number of benzene rings is 2. The Hall–Kier alpha value is -2.20. The zero-order valence-electron chi connectivity index (χ0n) is 14.0. The van der Waals surface area contributed by atoms with Gasteiger partial charge < -0.3 is 5.11 Å². The molecule has 126 valence electrons. The molecular formula is C20H22FNO2. The zero-order valence-corrected chi connectivity index (χ0v) is 14.0. The second-order valence-corrected chi connectivity index (χ2v) is 6.55. The first-order valence-electron chi connectivity index (χ1n) is 8.28. The molecule has 2 unspecified atom stereocenters. The molecule has 0 spiro atoms. The monoisotopic (exact) mass is 327 g/mol. The summed E-state index contributed by atoms with van der Waals surface area (Å²) in [5.41, 5.74) is 4.06. The number of halogens is 1. The van der Waals surface area contributed by atoms with Crippen LogP contribution in [0.5, 0.6) is 0 Å². The van der Waals surface area contributed by atoms with Crippen LogP contribution in [0.3, 0.4) is 0 Å². The van der Waals surface area contributed by atoms with E-state index in [-0.39, 0.29) is 11.9 Å². The fraction of sp³-hybridized carbons (Fsp3) is 0.350. The molecule has 0 radical (unpaired) electrons. The van der Waals surface area contributed by atoms with E-state index in [2.05, 4.69) is 6.07 Å². The van der Waals surface area contributed by atoms with Gasteiger partial charge in [-0.05, 0) is 55.5 Å². The average Bonchev–Trinajstić information content (AvgIpc) is 3.01. The first kappa shape index (κ1) is 16.7. The molecule has 0 aliphatic carbocycles. The third-order valence-corrected chi connectivity index (χ3v) is 4.80. The Balaban J connectivity index is 2.14. The van der Waals surface area contributed by atoms with Crippen molar-refractivity contribution in [3.63, 3.8) is 0 Å². The number of carbonyl (C=O) groups is 1. The zero-order chi connectivity index (χ0) is 17.3. The second kappa shape index (κ2) is 6.73. The molecule has 24 heavy (non-hydrogen) atoms. The van der Waals surface area contributed by atoms with E-state index in [1.54, 1.807) is 6.07 Å². The number of hydrogen-bond donors (Lipinski definition) is 1. The largest absolute Gasteiger partial charge is 0.480 e. The maximum atomic E-state index is 13.8. The highest BCUT2D eigenvalue weighted by Gasteiger charge is 2.37. The summed E-state index contributed by atoms with van der Waals surface area (Å²) in [5.74, 6) is -1.10. The normalized spacial score (nSPS) is 19.4. The Morgan fingerprint density at radius 2 is 2.04 bits per heavy atom. The van der Waals surface area contributed by atoms with Crippen molar-refractivity contribution in [2.24, 2.45) is 0 Å². The second-order valence-electron chi connectivity index (χ2n) is 6.55. The highest BCUT2D eigenvalue weighted by molar-refractivity contribution is 5.74. The first-order chi connectivity index (χ1) is 11.5. The van der Waals surface area contributed by atoms with Crippen LogP contribution in [0, 0.1) is 19.7 Å². The van der Waals surface area contributed by atoms with Crippen LogP contribution in [-0.2, 0) is 4.79 Å². The lowest BCUT2D eigenvalue weighted by molar-refractivity contribution is -0.142. The third kappa shape index (κ3) is 3.20. The lowest BCUT2D eigenvalue weighted by Crippen LogP contribution is -2.39. The summed E-state index contributed by atoms with van der Waals surface area (Å²) in [6, 6.07) is 11.9. The van der Waals surface area contributed by atoms with Crippen molar-refractivity contribution in [2.45, 2.75) is 38.8 Å². The molecule has 1 aliphatic rings. The van der Waals surface area contributed by atoms with Crippen molar-refractivity contribution in [3.8, 4) is 0 Å². The Bertz CT molecular complexity index is 759. The van der Waals surface area contributed by atoms with E-state index < -0.39 is 12.0 Å². The summed E-state index contributed by atoms with van der Waals surface area (Å²) < 4.78 is 13.8. The fourth-order valence-electron chi connectivity index (χ4n) is 3.64. The number of hydrogen-bond acceptors (Lipinski definition) is 2. The Morgan fingerprint density at radius 3 is 2.75 bits per heavy atom. The van der Waals surface area contributed by atoms with E-state index in [0.717, 1.165) is 28.7 Å². The molecule has 0 amide bonds. The number of likely N-dealkylation sites (tertiary alicyclic amines) is 1. The first-order valence-corrected chi connectivity index (χ1v) is 8.28. The predicted molar refractivity (Wildman–Crippen MR) is 91.5 cm³/mol. The highest BCUT2D eigenvalue weighted by atomic mass is 19.1. The average molecular weight is 327 g/mol. The molecule has 3 rings (SSSR count). The van der Waals surface area contributed by atoms with Gasteiger partial charge in [0.15, 0.2) is 0 Å². The van der Waals surface area contributed by atoms with Gasteiger partial charge in [-0.25, -0.2) is 4.39 Å². The Morgan fingerprint density at radius 1 is 1.25 bits per heavy atom. The molecule has 1 heterocycles. The molecule has 2 atom stereocenters. The fourth-order valence-corrected chi connectivity index (χ4v) is 3.64. The summed E-state index contributed by atoms with van der Waals surface area (Å²) in [6.07, 6.45) is 1.47. The molecule has 0 bridgehead atoms. The number of carboxylic acids is 1. The van der Waals surface area contributed by atoms with Gasteiger partial charge in [0.05, 0.1) is 6.04 Å². The molecule has 0 aromatic heterocycles. The van der Waals surface area contributed by atoms with Crippen molar-refractivity contribution in [1.29, 1.82) is 0 Å². The summed E-state index contributed by atoms with van der Waals surface area (Å²) in [6.45, 7) is 4.74. The van der Waals surface area contributed by atoms with E-state index in [9.17, 15) is 14.3 Å². The van der Waals surface area contributed by atoms with Gasteiger partial charge in [-0.1, -0.05) is 35.9 Å². The van der Waals surface area contributed by atoms with Crippen LogP contribution >= 0.6 is 0 Å². The molecule has 1 saturated heterocycles. The van der Waals surface area contributed by atoms with Gasteiger partial charge in [-0.2, -0.15) is 0 Å². The minimum absolute atomic E-state index is 0.246. The number of carboxylic acid groups (broad SMARTS) is 1. The molecule has 4 heteroatoms. The molecule has 1 aliphatic heterocycles. The maximum Gasteiger partial charge on any atom is 0.320 e. The molecular weight excluding hydrogens is 305 g/mol. The third-order valence-electron chi connectivity index (χ3n) is 4.80. The molecule has 2 aromatic rings. The summed E-state index contributed by atoms with van der Waals surface area (Å²) >= 11 is 0. The molecule has 2 aromatic carbocycles. The molecule has 0 saturated carbocycles. The van der Waals surface area contributed by atoms with Crippen LogP contribution < -0.4 is 0 Å². The SMILES string of the molecule is Cc1ccc(C)c(C(c2cccc(F)c2)N2CCCC2C(=O)O)c1. The molecule has 3 nitrogen and oxygen atoms in total. The van der Waals surface area contributed by atoms with Gasteiger partial charge in [-0.15, -0.1) is 0 Å². The van der Waals surface area contributed by atoms with Crippen molar-refractivity contribution < 1.29 is 14.3 Å². The molecule has 1 fully saturated rings. The van der Waals surface area contributed by atoms with Gasteiger partial charge in [-0.3, -0.25) is 9.69 Å². The van der Waals surface area contributed by atoms with Crippen LogP contribution in [0.15, 0.2) is 42.5 Å². The minimum atomic E-state index is -0.806. The van der Waals surface area contributed by atoms with E-state index in [0.29, 0.717) is 13.0 Å². The maximum absolute atomic E-state index is 13.8. The number of aryl methyl sites for hydroxylation is 2. The van der Waals surface area contributed by atoms with E-state index >= 15 is 0 Å². The van der Waals surface area contributed by atoms with Crippen molar-refractivity contribution in [2.75, 3.05) is 6.54 Å². The van der Waals surface area contributed by atoms with Crippen LogP contribution in [0.4, 0.5) is 4.39 Å². The van der Waals surface area contributed by atoms with Crippen molar-refractivity contribution >= 4 is 5.97 Å². The minimum Gasteiger partial charge on any atom is -0.480 e. The summed E-state index contributed by atoms with van der Waals surface area (Å²) in [7, 11) is 0. The van der Waals surface area contributed by atoms with Gasteiger partial charge in [0.25, 0.3) is 0 Å². The van der Waals surface area contributed by atoms with Crippen LogP contribution in [-0.4, -0.2) is 28.6 Å². The van der Waals surface area contributed by atoms with Crippen LogP contribution in [0.25, 0.3) is 0 Å². The topological polar surface area (TPSA) is 40.5 Å². The lowest BCUT2D eigenvalue weighted by Gasteiger charge is -2.33. The number of aliphatic carboxylic acids is 1. The number of nitrogens with zero attached hydrogens (tertiary/aromatic N) is 1. The molecule has 1 N–H and O–H groups in total. The quantitative estimate of drug-likeness (QED) is 0.920. The predicted octanol–water partition coefficient (Wildman–Crippen LogP) is 4.08. The van der Waals surface area contributed by atoms with Crippen molar-refractivity contribution in [3.05, 3.63) is 70.5 Å². The Labute approximate surface area is 141 Å². The highest BCUT2D eigenvalue weighted by Crippen LogP contribution is 2.36. The smallest absolute Gasteiger partial charge is 0.320 e. The van der Waals surface area contributed by atoms with Crippen LogP contribution in [0.2, 0.25) is 0 Å². The summed E-state index contributed by atoms with van der Waals surface area (Å²) in [5, 5.41) is 9.59. The van der Waals surface area contributed by atoms with Crippen LogP contribution in [0.1, 0.15) is 41.1 Å². The van der Waals surface area contributed by atoms with Gasteiger partial charge in [0.1, 0.15) is 11.9 Å². The number of rotatable bonds is 4. The van der Waals surface area contributed by atoms with Gasteiger partial charge in [0, 0.05) is 6.54 Å². The standard InChI is InChI=1S/C20H22FNO2/c1-13-8-9-14(2)17(11-13)19(15-5-3-6-16(21)12-15)22-10-4-7-18(22)20(23)24/h3,5-6,8-9,11-12,18-19H,4,7,10H2,1-2H3,(H,23,24). The van der Waals surface area contributed by atoms with Gasteiger partial charge >= 0.3 is 5.97 Å². The van der Waals surface area contributed by atoms with E-state index in [1.807, 2.05) is 36.9 Å². The summed E-state index contributed by atoms with van der Waals surface area (Å²) in [4.78, 5) is 13.7.